The number of nitrogens with one attached hydrogen (secondary N) is 1. The van der Waals surface area contributed by atoms with Crippen LogP contribution in [0.5, 0.6) is 17.2 Å². The van der Waals surface area contributed by atoms with Crippen LogP contribution in [-0.4, -0.2) is 30.8 Å². The lowest BCUT2D eigenvalue weighted by Gasteiger charge is -2.26. The molecule has 0 fully saturated rings. The number of ether oxygens (including phenoxy) is 3. The predicted molar refractivity (Wildman–Crippen MR) is 112 cm³/mol. The van der Waals surface area contributed by atoms with Crippen molar-refractivity contribution < 1.29 is 19.0 Å². The number of aromatic nitrogens is 1. The molecule has 0 radical (unpaired) electrons. The Morgan fingerprint density at radius 2 is 2.10 bits per heavy atom. The first-order chi connectivity index (χ1) is 14.1. The van der Waals surface area contributed by atoms with Crippen molar-refractivity contribution in [1.82, 2.24) is 9.88 Å². The van der Waals surface area contributed by atoms with E-state index in [1.165, 1.54) is 0 Å². The zero-order valence-corrected chi connectivity index (χ0v) is 17.4. The van der Waals surface area contributed by atoms with Crippen LogP contribution < -0.4 is 19.5 Å². The van der Waals surface area contributed by atoms with Gasteiger partial charge in [-0.1, -0.05) is 30.7 Å². The fourth-order valence-electron chi connectivity index (χ4n) is 3.78. The Labute approximate surface area is 174 Å². The number of para-hydroxylation sites is 1. The second-order valence-electron chi connectivity index (χ2n) is 6.93. The van der Waals surface area contributed by atoms with E-state index < -0.39 is 0 Å². The molecule has 1 atom stereocenters. The van der Waals surface area contributed by atoms with Crippen molar-refractivity contribution >= 4 is 28.4 Å². The molecule has 1 aliphatic heterocycles. The summed E-state index contributed by atoms with van der Waals surface area (Å²) in [5, 5.41) is 4.42. The summed E-state index contributed by atoms with van der Waals surface area (Å²) in [4.78, 5) is 13.1. The molecule has 0 unspecified atom stereocenters. The highest BCUT2D eigenvalue weighted by Gasteiger charge is 2.27. The highest BCUT2D eigenvalue weighted by atomic mass is 35.5. The molecule has 6 nitrogen and oxygen atoms in total. The minimum Gasteiger partial charge on any atom is -0.493 e. The van der Waals surface area contributed by atoms with Crippen molar-refractivity contribution in [1.29, 1.82) is 0 Å². The molecule has 0 spiro atoms. The summed E-state index contributed by atoms with van der Waals surface area (Å²) in [5.41, 5.74) is 2.27. The largest absolute Gasteiger partial charge is 0.493 e. The molecule has 0 aliphatic carbocycles. The van der Waals surface area contributed by atoms with E-state index in [0.717, 1.165) is 28.6 Å². The van der Waals surface area contributed by atoms with Crippen LogP contribution >= 0.6 is 11.6 Å². The molecule has 29 heavy (non-hydrogen) atoms. The highest BCUT2D eigenvalue weighted by Crippen LogP contribution is 2.38. The molecule has 152 valence electrons. The predicted octanol–water partition coefficient (Wildman–Crippen LogP) is 4.41. The summed E-state index contributed by atoms with van der Waals surface area (Å²) in [5.74, 6) is 1.82. The molecule has 1 aliphatic rings. The van der Waals surface area contributed by atoms with E-state index in [9.17, 15) is 4.79 Å². The summed E-state index contributed by atoms with van der Waals surface area (Å²) in [6.45, 7) is 2.99. The van der Waals surface area contributed by atoms with Crippen LogP contribution in [0.15, 0.2) is 36.4 Å². The Morgan fingerprint density at radius 1 is 1.28 bits per heavy atom. The number of halogens is 1. The summed E-state index contributed by atoms with van der Waals surface area (Å²) >= 11 is 6.39. The number of benzene rings is 2. The lowest BCUT2D eigenvalue weighted by atomic mass is 10.2. The Bertz CT molecular complexity index is 1080. The molecule has 0 saturated carbocycles. The first kappa shape index (κ1) is 19.5. The van der Waals surface area contributed by atoms with Gasteiger partial charge in [0.15, 0.2) is 11.5 Å². The molecular formula is C22H23ClN2O4. The normalized spacial score (nSPS) is 15.1. The number of hydrogen-bond acceptors (Lipinski definition) is 4. The first-order valence-electron chi connectivity index (χ1n) is 9.53. The molecular weight excluding hydrogens is 392 g/mol. The standard InChI is InChI=1S/C22H23ClN2O4/c1-4-14-12-25-17(10-15-16(23)8-9-18(29-14)20(15)25)22(26)24-11-13-6-5-7-19(27-2)21(13)28-3/h5-10,14H,4,11-12H2,1-3H3,(H,24,26)/t14-/m1/s1. The van der Waals surface area contributed by atoms with Crippen molar-refractivity contribution in [2.75, 3.05) is 14.2 Å². The maximum absolute atomic E-state index is 13.1. The molecule has 4 rings (SSSR count). The highest BCUT2D eigenvalue weighted by molar-refractivity contribution is 6.36. The van der Waals surface area contributed by atoms with Gasteiger partial charge in [-0.05, 0) is 30.7 Å². The molecule has 1 aromatic heterocycles. The van der Waals surface area contributed by atoms with Gasteiger partial charge in [-0.2, -0.15) is 0 Å². The number of carbonyl (C=O) groups is 1. The number of hydrogen-bond donors (Lipinski definition) is 1. The maximum Gasteiger partial charge on any atom is 0.268 e. The maximum atomic E-state index is 13.1. The van der Waals surface area contributed by atoms with Gasteiger partial charge >= 0.3 is 0 Å². The molecule has 2 heterocycles. The van der Waals surface area contributed by atoms with Crippen LogP contribution in [0.3, 0.4) is 0 Å². The van der Waals surface area contributed by atoms with Crippen molar-refractivity contribution in [3.8, 4) is 17.2 Å². The summed E-state index contributed by atoms with van der Waals surface area (Å²) in [6.07, 6.45) is 0.869. The van der Waals surface area contributed by atoms with Crippen LogP contribution in [0.1, 0.15) is 29.4 Å². The van der Waals surface area contributed by atoms with Crippen molar-refractivity contribution in [3.05, 3.63) is 52.7 Å². The van der Waals surface area contributed by atoms with Crippen molar-refractivity contribution in [2.24, 2.45) is 0 Å². The van der Waals surface area contributed by atoms with Crippen molar-refractivity contribution in [2.45, 2.75) is 32.5 Å². The Hall–Kier alpha value is -2.86. The van der Waals surface area contributed by atoms with E-state index in [-0.39, 0.29) is 12.0 Å². The van der Waals surface area contributed by atoms with Crippen LogP contribution in [0.25, 0.3) is 10.9 Å². The van der Waals surface area contributed by atoms with Crippen LogP contribution in [0.4, 0.5) is 0 Å². The van der Waals surface area contributed by atoms with Crippen LogP contribution in [0, 0.1) is 0 Å². The topological polar surface area (TPSA) is 61.7 Å². The van der Waals surface area contributed by atoms with Crippen LogP contribution in [-0.2, 0) is 13.1 Å². The smallest absolute Gasteiger partial charge is 0.268 e. The summed E-state index contributed by atoms with van der Waals surface area (Å²) in [6, 6.07) is 11.1. The second-order valence-corrected chi connectivity index (χ2v) is 7.34. The Balaban J connectivity index is 1.66. The fourth-order valence-corrected chi connectivity index (χ4v) is 3.99. The third-order valence-corrected chi connectivity index (χ3v) is 5.59. The second kappa shape index (κ2) is 7.87. The monoisotopic (exact) mass is 414 g/mol. The van der Waals surface area contributed by atoms with Crippen molar-refractivity contribution in [3.63, 3.8) is 0 Å². The molecule has 7 heteroatoms. The van der Waals surface area contributed by atoms with Gasteiger partial charge in [0, 0.05) is 17.5 Å². The Morgan fingerprint density at radius 3 is 2.83 bits per heavy atom. The van der Waals surface area contributed by atoms with Crippen LogP contribution in [0.2, 0.25) is 5.02 Å². The van der Waals surface area contributed by atoms with Gasteiger partial charge < -0.3 is 24.1 Å². The van der Waals surface area contributed by atoms with E-state index in [1.54, 1.807) is 14.2 Å². The summed E-state index contributed by atoms with van der Waals surface area (Å²) in [7, 11) is 3.17. The van der Waals surface area contributed by atoms with Gasteiger partial charge in [-0.25, -0.2) is 0 Å². The third kappa shape index (κ3) is 3.38. The zero-order chi connectivity index (χ0) is 20.5. The molecule has 0 bridgehead atoms. The van der Waals surface area contributed by atoms with E-state index in [0.29, 0.717) is 35.3 Å². The first-order valence-corrected chi connectivity index (χ1v) is 9.91. The average Bonchev–Trinajstić information content (AvgIpc) is 3.14. The molecule has 1 N–H and O–H groups in total. The molecule has 3 aromatic rings. The molecule has 0 saturated heterocycles. The third-order valence-electron chi connectivity index (χ3n) is 5.26. The van der Waals surface area contributed by atoms with Gasteiger partial charge in [-0.3, -0.25) is 4.79 Å². The summed E-state index contributed by atoms with van der Waals surface area (Å²) < 4.78 is 18.8. The number of carbonyl (C=O) groups excluding carboxylic acids is 1. The van der Waals surface area contributed by atoms with Gasteiger partial charge in [-0.15, -0.1) is 0 Å². The lowest BCUT2D eigenvalue weighted by molar-refractivity contribution is 0.0935. The quantitative estimate of drug-likeness (QED) is 0.648. The number of methoxy groups -OCH3 is 2. The van der Waals surface area contributed by atoms with Gasteiger partial charge in [0.25, 0.3) is 5.91 Å². The average molecular weight is 415 g/mol. The minimum atomic E-state index is -0.176. The number of nitrogens with zero attached hydrogens (tertiary/aromatic N) is 1. The number of amides is 1. The molecule has 1 amide bonds. The zero-order valence-electron chi connectivity index (χ0n) is 16.6. The number of rotatable bonds is 6. The SMILES string of the molecule is CC[C@@H]1Cn2c(C(=O)NCc3cccc(OC)c3OC)cc3c(Cl)ccc(c32)O1. The minimum absolute atomic E-state index is 0.0179. The lowest BCUT2D eigenvalue weighted by Crippen LogP contribution is -2.31. The van der Waals surface area contributed by atoms with E-state index in [2.05, 4.69) is 12.2 Å². The Kier molecular flexibility index (Phi) is 5.28. The molecule has 2 aromatic carbocycles. The van der Waals surface area contributed by atoms with E-state index >= 15 is 0 Å². The van der Waals surface area contributed by atoms with E-state index in [4.69, 9.17) is 25.8 Å². The fraction of sp³-hybridized carbons (Fsp3) is 0.318. The van der Waals surface area contributed by atoms with Gasteiger partial charge in [0.1, 0.15) is 17.5 Å². The van der Waals surface area contributed by atoms with E-state index in [1.807, 2.05) is 41.0 Å². The van der Waals surface area contributed by atoms with Gasteiger partial charge in [0.2, 0.25) is 0 Å². The van der Waals surface area contributed by atoms with Gasteiger partial charge in [0.05, 0.1) is 31.3 Å².